The van der Waals surface area contributed by atoms with Gasteiger partial charge in [0.05, 0.1) is 52.0 Å². The number of carbonyl (C=O) groups is 4. The van der Waals surface area contributed by atoms with Crippen molar-refractivity contribution >= 4 is 23.9 Å². The molecule has 0 radical (unpaired) electrons. The third-order valence-corrected chi connectivity index (χ3v) is 14.5. The molecule has 3 saturated carbocycles. The van der Waals surface area contributed by atoms with Gasteiger partial charge in [0.2, 0.25) is 6.29 Å². The van der Waals surface area contributed by atoms with Crippen molar-refractivity contribution in [1.82, 2.24) is 0 Å². The van der Waals surface area contributed by atoms with Crippen LogP contribution in [0.2, 0.25) is 0 Å². The highest BCUT2D eigenvalue weighted by molar-refractivity contribution is 5.88. The van der Waals surface area contributed by atoms with Crippen LogP contribution in [0.3, 0.4) is 0 Å². The summed E-state index contributed by atoms with van der Waals surface area (Å²) in [6.07, 6.45) is -2.55. The number of ether oxygens (including phenoxy) is 10. The highest BCUT2D eigenvalue weighted by Gasteiger charge is 2.95. The maximum absolute atomic E-state index is 14.4. The molecule has 4 saturated heterocycles. The van der Waals surface area contributed by atoms with Crippen molar-refractivity contribution in [1.29, 1.82) is 0 Å². The van der Waals surface area contributed by atoms with E-state index in [0.717, 1.165) is 0 Å². The first kappa shape index (κ1) is 35.9. The number of esters is 4. The number of hydrogen-bond donors (Lipinski definition) is 2. The van der Waals surface area contributed by atoms with E-state index in [0.29, 0.717) is 0 Å². The van der Waals surface area contributed by atoms with Gasteiger partial charge in [0, 0.05) is 54.6 Å². The van der Waals surface area contributed by atoms with Crippen LogP contribution in [0.25, 0.3) is 0 Å². The van der Waals surface area contributed by atoms with E-state index in [1.54, 1.807) is 33.8 Å². The van der Waals surface area contributed by atoms with Gasteiger partial charge in [-0.15, -0.1) is 0 Å². The predicted molar refractivity (Wildman–Crippen MR) is 169 cm³/mol. The third-order valence-electron chi connectivity index (χ3n) is 14.5. The summed E-state index contributed by atoms with van der Waals surface area (Å²) >= 11 is 0. The molecule has 16 nitrogen and oxygen atoms in total. The van der Waals surface area contributed by atoms with Gasteiger partial charge in [-0.1, -0.05) is 13.0 Å². The lowest BCUT2D eigenvalue weighted by atomic mass is 9.37. The van der Waals surface area contributed by atoms with Crippen LogP contribution >= 0.6 is 0 Å². The van der Waals surface area contributed by atoms with Crippen molar-refractivity contribution in [2.45, 2.75) is 107 Å². The molecule has 8 rings (SSSR count). The molecular weight excluding hydrogens is 688 g/mol. The van der Waals surface area contributed by atoms with Crippen LogP contribution < -0.4 is 0 Å². The minimum Gasteiger partial charge on any atom is -0.469 e. The Hall–Kier alpha value is -3.12. The van der Waals surface area contributed by atoms with Crippen LogP contribution in [0.15, 0.2) is 24.0 Å². The van der Waals surface area contributed by atoms with Gasteiger partial charge in [0.15, 0.2) is 5.60 Å². The molecule has 5 aliphatic heterocycles. The first-order chi connectivity index (χ1) is 24.5. The zero-order valence-corrected chi connectivity index (χ0v) is 30.4. The molecule has 16 atom stereocenters. The van der Waals surface area contributed by atoms with E-state index in [9.17, 15) is 29.4 Å². The molecule has 0 amide bonds. The van der Waals surface area contributed by atoms with Crippen molar-refractivity contribution in [2.24, 2.45) is 34.0 Å². The van der Waals surface area contributed by atoms with Crippen LogP contribution in [0.1, 0.15) is 47.5 Å². The SMILES string of the molecule is C/C=C(\C)C(=O)O[C@H]1C[C@@H](OC(C)=O)[C@@]2(C(=O)OC)CO[C@H]3[C@H]4O[C@@]5(C)[C@H]6C[C@@H](O[C@@H]7OC=C[C@@]76O)[C@]5(O)[C@@]4(C)[C@@H]4[C@@](OC)(C(=O)OC)OC[C@@]14[C@@H]32. The molecule has 3 aliphatic carbocycles. The van der Waals surface area contributed by atoms with Crippen molar-refractivity contribution in [2.75, 3.05) is 34.5 Å². The number of fused-ring (bicyclic) bond motifs is 11. The zero-order valence-electron chi connectivity index (χ0n) is 30.4. The molecule has 0 aromatic heterocycles. The standard InChI is InChI=1S/C36H46O16/c1-9-16(2)25(38)50-19-13-20(49-17(3)37)33(27(39)43-6)14-47-22-23(33)32(19)15-48-35(45-8,28(40)44-7)26(32)30(4)24(22)52-31(5)18-12-21(36(30,31)42)51-29-34(18,41)10-11-46-29/h9-11,18-24,26,29,41-42H,12-15H2,1-8H3/b16-9+/t18-,19+,20-,21-,22-,23-,24-,26+,29+,30-,31+,32+,33+,34+,35+,36+/m1/s1. The first-order valence-electron chi connectivity index (χ1n) is 17.6. The van der Waals surface area contributed by atoms with Crippen molar-refractivity contribution in [3.63, 3.8) is 0 Å². The quantitative estimate of drug-likeness (QED) is 0.216. The topological polar surface area (TPSA) is 201 Å². The maximum Gasteiger partial charge on any atom is 0.366 e. The Morgan fingerprint density at radius 1 is 0.942 bits per heavy atom. The minimum absolute atomic E-state index is 0.142. The second-order valence-electron chi connectivity index (χ2n) is 15.9. The van der Waals surface area contributed by atoms with Crippen LogP contribution in [-0.2, 0) is 66.5 Å². The second kappa shape index (κ2) is 11.0. The zero-order chi connectivity index (χ0) is 37.6. The number of rotatable bonds is 6. The van der Waals surface area contributed by atoms with Crippen LogP contribution in [0.4, 0.5) is 0 Å². The number of aliphatic hydroxyl groups is 2. The highest BCUT2D eigenvalue weighted by atomic mass is 16.7. The Kier molecular flexibility index (Phi) is 7.58. The van der Waals surface area contributed by atoms with Crippen LogP contribution in [0.5, 0.6) is 0 Å². The molecule has 7 fully saturated rings. The van der Waals surface area contributed by atoms with Crippen LogP contribution in [-0.4, -0.2) is 128 Å². The summed E-state index contributed by atoms with van der Waals surface area (Å²) < 4.78 is 61.6. The number of methoxy groups -OCH3 is 3. The summed E-state index contributed by atoms with van der Waals surface area (Å²) in [6.45, 7) is 7.20. The summed E-state index contributed by atoms with van der Waals surface area (Å²) in [5, 5.41) is 25.7. The lowest BCUT2D eigenvalue weighted by molar-refractivity contribution is -0.318. The van der Waals surface area contributed by atoms with Crippen molar-refractivity contribution < 1.29 is 76.8 Å². The number of allylic oxidation sites excluding steroid dienone is 1. The predicted octanol–water partition coefficient (Wildman–Crippen LogP) is 0.451. The molecule has 286 valence electrons. The molecule has 0 aromatic carbocycles. The molecule has 0 aromatic rings. The van der Waals surface area contributed by atoms with Gasteiger partial charge in [-0.2, -0.15) is 0 Å². The molecule has 2 N–H and O–H groups in total. The largest absolute Gasteiger partial charge is 0.469 e. The molecular formula is C36H46O16. The molecule has 1 spiro atoms. The van der Waals surface area contributed by atoms with Crippen molar-refractivity contribution in [3.8, 4) is 0 Å². The lowest BCUT2D eigenvalue weighted by Crippen LogP contribution is -2.79. The lowest BCUT2D eigenvalue weighted by Gasteiger charge is -2.65. The summed E-state index contributed by atoms with van der Waals surface area (Å²) in [6, 6.07) is 0. The van der Waals surface area contributed by atoms with Crippen molar-refractivity contribution in [3.05, 3.63) is 24.0 Å². The number of carbonyl (C=O) groups excluding carboxylic acids is 4. The van der Waals surface area contributed by atoms with Gasteiger partial charge in [-0.25, -0.2) is 9.59 Å². The van der Waals surface area contributed by atoms with E-state index in [4.69, 9.17) is 47.4 Å². The Morgan fingerprint density at radius 3 is 2.29 bits per heavy atom. The van der Waals surface area contributed by atoms with Gasteiger partial charge in [0.1, 0.15) is 28.8 Å². The molecule has 5 heterocycles. The Morgan fingerprint density at radius 2 is 1.65 bits per heavy atom. The van der Waals surface area contributed by atoms with Gasteiger partial charge < -0.3 is 57.6 Å². The second-order valence-corrected chi connectivity index (χ2v) is 15.9. The summed E-state index contributed by atoms with van der Waals surface area (Å²) in [4.78, 5) is 55.1. The Balaban J connectivity index is 1.44. The fraction of sp³-hybridized carbons (Fsp3) is 0.778. The van der Waals surface area contributed by atoms with Gasteiger partial charge in [0.25, 0.3) is 5.79 Å². The Labute approximate surface area is 299 Å². The average Bonchev–Trinajstić information content (AvgIpc) is 3.89. The summed E-state index contributed by atoms with van der Waals surface area (Å²) in [7, 11) is 3.64. The van der Waals surface area contributed by atoms with E-state index in [2.05, 4.69) is 0 Å². The van der Waals surface area contributed by atoms with E-state index in [1.165, 1.54) is 40.6 Å². The monoisotopic (exact) mass is 734 g/mol. The third kappa shape index (κ3) is 3.63. The van der Waals surface area contributed by atoms with Gasteiger partial charge in [-0.05, 0) is 33.3 Å². The van der Waals surface area contributed by atoms with E-state index in [1.807, 2.05) is 0 Å². The average molecular weight is 735 g/mol. The van der Waals surface area contributed by atoms with Gasteiger partial charge >= 0.3 is 23.9 Å². The normalized spacial score (nSPS) is 53.1. The van der Waals surface area contributed by atoms with Gasteiger partial charge in [-0.3, -0.25) is 9.59 Å². The smallest absolute Gasteiger partial charge is 0.366 e. The fourth-order valence-electron chi connectivity index (χ4n) is 12.5. The van der Waals surface area contributed by atoms with E-state index >= 15 is 0 Å². The minimum atomic E-state index is -2.28. The molecule has 0 unspecified atom stereocenters. The molecule has 2 bridgehead atoms. The van der Waals surface area contributed by atoms with Crippen LogP contribution in [0, 0.1) is 34.0 Å². The molecule has 52 heavy (non-hydrogen) atoms. The van der Waals surface area contributed by atoms with E-state index < -0.39 is 117 Å². The summed E-state index contributed by atoms with van der Waals surface area (Å²) in [5.41, 5.74) is -10.1. The maximum atomic E-state index is 14.4. The van der Waals surface area contributed by atoms with E-state index in [-0.39, 0.29) is 31.6 Å². The fourth-order valence-corrected chi connectivity index (χ4v) is 12.5. The Bertz CT molecular complexity index is 1680. The first-order valence-corrected chi connectivity index (χ1v) is 17.6. The summed E-state index contributed by atoms with van der Waals surface area (Å²) in [5.74, 6) is -8.60. The molecule has 8 aliphatic rings. The highest BCUT2D eigenvalue weighted by Crippen LogP contribution is 2.81. The molecule has 16 heteroatoms. The number of hydrogen-bond acceptors (Lipinski definition) is 16.